The predicted molar refractivity (Wildman–Crippen MR) is 86.6 cm³/mol. The lowest BCUT2D eigenvalue weighted by molar-refractivity contribution is -0.137. The van der Waals surface area contributed by atoms with E-state index in [1.165, 1.54) is 6.07 Å². The van der Waals surface area contributed by atoms with Crippen molar-refractivity contribution in [3.63, 3.8) is 0 Å². The van der Waals surface area contributed by atoms with Crippen LogP contribution in [0.15, 0.2) is 30.3 Å². The van der Waals surface area contributed by atoms with Gasteiger partial charge in [0.2, 0.25) is 0 Å². The summed E-state index contributed by atoms with van der Waals surface area (Å²) >= 11 is 0. The third-order valence-corrected chi connectivity index (χ3v) is 3.90. The van der Waals surface area contributed by atoms with Gasteiger partial charge in [-0.1, -0.05) is 23.8 Å². The summed E-state index contributed by atoms with van der Waals surface area (Å²) in [5.74, 6) is -0.982. The molecule has 0 radical (unpaired) electrons. The van der Waals surface area contributed by atoms with Gasteiger partial charge in [-0.2, -0.15) is 0 Å². The van der Waals surface area contributed by atoms with Crippen LogP contribution < -0.4 is 0 Å². The number of aryl methyl sites for hydroxylation is 3. The fourth-order valence-corrected chi connectivity index (χ4v) is 2.82. The fraction of sp³-hybridized carbons (Fsp3) is 0.316. The molecule has 0 heterocycles. The lowest BCUT2D eigenvalue weighted by Crippen LogP contribution is -2.00. The number of halogens is 1. The number of aliphatic carboxylic acids is 1. The van der Waals surface area contributed by atoms with Crippen LogP contribution in [0.4, 0.5) is 4.39 Å². The average Bonchev–Trinajstić information content (AvgIpc) is 2.43. The molecule has 0 spiro atoms. The lowest BCUT2D eigenvalue weighted by Gasteiger charge is -2.15. The summed E-state index contributed by atoms with van der Waals surface area (Å²) in [5.41, 5.74) is 6.13. The van der Waals surface area contributed by atoms with Crippen LogP contribution in [0, 0.1) is 26.6 Å². The number of hydrogen-bond acceptors (Lipinski definition) is 1. The Morgan fingerprint density at radius 3 is 2.45 bits per heavy atom. The number of benzene rings is 2. The molecule has 0 aliphatic heterocycles. The third-order valence-electron chi connectivity index (χ3n) is 3.90. The van der Waals surface area contributed by atoms with E-state index in [2.05, 4.69) is 12.1 Å². The quantitative estimate of drug-likeness (QED) is 0.859. The van der Waals surface area contributed by atoms with Gasteiger partial charge in [-0.25, -0.2) is 4.39 Å². The summed E-state index contributed by atoms with van der Waals surface area (Å²) in [4.78, 5) is 10.7. The van der Waals surface area contributed by atoms with Crippen LogP contribution in [-0.4, -0.2) is 11.1 Å². The molecule has 0 saturated heterocycles. The van der Waals surface area contributed by atoms with Crippen molar-refractivity contribution in [2.24, 2.45) is 0 Å². The van der Waals surface area contributed by atoms with Gasteiger partial charge in [-0.05, 0) is 73.6 Å². The second-order valence-corrected chi connectivity index (χ2v) is 5.82. The topological polar surface area (TPSA) is 37.3 Å². The highest BCUT2D eigenvalue weighted by molar-refractivity contribution is 5.71. The number of carbonyl (C=O) groups is 1. The maximum Gasteiger partial charge on any atom is 0.303 e. The van der Waals surface area contributed by atoms with Crippen molar-refractivity contribution >= 4 is 5.97 Å². The van der Waals surface area contributed by atoms with Crippen molar-refractivity contribution in [2.45, 2.75) is 40.0 Å². The molecule has 0 aliphatic carbocycles. The van der Waals surface area contributed by atoms with Crippen LogP contribution in [0.25, 0.3) is 11.1 Å². The molecule has 0 unspecified atom stereocenters. The molecule has 2 nitrogen and oxygen atoms in total. The third kappa shape index (κ3) is 3.73. The Bertz CT molecular complexity index is 705. The minimum absolute atomic E-state index is 0.162. The van der Waals surface area contributed by atoms with E-state index in [0.717, 1.165) is 27.8 Å². The molecule has 0 aliphatic rings. The Balaban J connectivity index is 2.44. The van der Waals surface area contributed by atoms with Crippen LogP contribution in [0.3, 0.4) is 0 Å². The first kappa shape index (κ1) is 16.2. The Morgan fingerprint density at radius 1 is 1.09 bits per heavy atom. The molecule has 116 valence electrons. The highest BCUT2D eigenvalue weighted by atomic mass is 19.1. The van der Waals surface area contributed by atoms with Gasteiger partial charge in [0.25, 0.3) is 0 Å². The maximum atomic E-state index is 13.5. The second kappa shape index (κ2) is 6.73. The summed E-state index contributed by atoms with van der Waals surface area (Å²) in [6.45, 7) is 5.84. The minimum atomic E-state index is -0.774. The monoisotopic (exact) mass is 300 g/mol. The van der Waals surface area contributed by atoms with Gasteiger partial charge in [0.1, 0.15) is 5.82 Å². The summed E-state index contributed by atoms with van der Waals surface area (Å²) in [7, 11) is 0. The van der Waals surface area contributed by atoms with Gasteiger partial charge >= 0.3 is 5.97 Å². The molecule has 2 aromatic carbocycles. The number of carboxylic acids is 1. The molecule has 0 atom stereocenters. The summed E-state index contributed by atoms with van der Waals surface area (Å²) in [5, 5.41) is 8.82. The maximum absolute atomic E-state index is 13.5. The van der Waals surface area contributed by atoms with Gasteiger partial charge in [0.05, 0.1) is 0 Å². The number of carboxylic acid groups (broad SMARTS) is 1. The molecule has 0 aromatic heterocycles. The van der Waals surface area contributed by atoms with Crippen molar-refractivity contribution in [2.75, 3.05) is 0 Å². The van der Waals surface area contributed by atoms with E-state index in [1.807, 2.05) is 19.9 Å². The van der Waals surface area contributed by atoms with Crippen molar-refractivity contribution in [3.05, 3.63) is 58.4 Å². The summed E-state index contributed by atoms with van der Waals surface area (Å²) in [6, 6.07) is 9.33. The molecule has 2 aromatic rings. The lowest BCUT2D eigenvalue weighted by atomic mass is 9.90. The first-order valence-corrected chi connectivity index (χ1v) is 7.47. The van der Waals surface area contributed by atoms with E-state index in [4.69, 9.17) is 5.11 Å². The summed E-state index contributed by atoms with van der Waals surface area (Å²) in [6.07, 6.45) is 1.48. The molecule has 0 saturated carbocycles. The smallest absolute Gasteiger partial charge is 0.303 e. The van der Waals surface area contributed by atoms with Crippen molar-refractivity contribution in [1.29, 1.82) is 0 Å². The van der Waals surface area contributed by atoms with E-state index in [9.17, 15) is 9.18 Å². The first-order chi connectivity index (χ1) is 10.4. The average molecular weight is 300 g/mol. The van der Waals surface area contributed by atoms with Crippen LogP contribution in [0.2, 0.25) is 0 Å². The highest BCUT2D eigenvalue weighted by Crippen LogP contribution is 2.30. The van der Waals surface area contributed by atoms with Gasteiger partial charge in [-0.15, -0.1) is 0 Å². The van der Waals surface area contributed by atoms with E-state index in [0.29, 0.717) is 18.4 Å². The normalized spacial score (nSPS) is 10.7. The number of rotatable bonds is 5. The fourth-order valence-electron chi connectivity index (χ4n) is 2.82. The molecule has 2 rings (SSSR count). The number of hydrogen-bond donors (Lipinski definition) is 1. The van der Waals surface area contributed by atoms with E-state index < -0.39 is 5.97 Å². The van der Waals surface area contributed by atoms with Gasteiger partial charge < -0.3 is 5.11 Å². The standard InChI is InChI=1S/C19H21FO2/c1-12-9-13(2)16(5-4-6-19(21)22)17(10-12)15-7-8-18(20)14(3)11-15/h7-11H,4-6H2,1-3H3,(H,21,22). The second-order valence-electron chi connectivity index (χ2n) is 5.82. The highest BCUT2D eigenvalue weighted by Gasteiger charge is 2.11. The van der Waals surface area contributed by atoms with E-state index in [1.54, 1.807) is 13.0 Å². The van der Waals surface area contributed by atoms with Crippen LogP contribution >= 0.6 is 0 Å². The van der Waals surface area contributed by atoms with Crippen molar-refractivity contribution in [1.82, 2.24) is 0 Å². The Kier molecular flexibility index (Phi) is 4.96. The van der Waals surface area contributed by atoms with E-state index in [-0.39, 0.29) is 12.2 Å². The molecule has 0 bridgehead atoms. The van der Waals surface area contributed by atoms with E-state index >= 15 is 0 Å². The van der Waals surface area contributed by atoms with Crippen LogP contribution in [0.1, 0.15) is 35.1 Å². The summed E-state index contributed by atoms with van der Waals surface area (Å²) < 4.78 is 13.5. The van der Waals surface area contributed by atoms with Crippen molar-refractivity contribution < 1.29 is 14.3 Å². The zero-order chi connectivity index (χ0) is 16.3. The molecule has 0 fully saturated rings. The molecular formula is C19H21FO2. The Hall–Kier alpha value is -2.16. The van der Waals surface area contributed by atoms with Gasteiger partial charge in [-0.3, -0.25) is 4.79 Å². The van der Waals surface area contributed by atoms with Crippen LogP contribution in [-0.2, 0) is 11.2 Å². The zero-order valence-corrected chi connectivity index (χ0v) is 13.2. The first-order valence-electron chi connectivity index (χ1n) is 7.47. The van der Waals surface area contributed by atoms with Crippen LogP contribution in [0.5, 0.6) is 0 Å². The van der Waals surface area contributed by atoms with Gasteiger partial charge in [0.15, 0.2) is 0 Å². The largest absolute Gasteiger partial charge is 0.481 e. The van der Waals surface area contributed by atoms with Crippen molar-refractivity contribution in [3.8, 4) is 11.1 Å². The Morgan fingerprint density at radius 2 is 1.82 bits per heavy atom. The molecule has 1 N–H and O–H groups in total. The predicted octanol–water partition coefficient (Wildman–Crippen LogP) is 4.83. The zero-order valence-electron chi connectivity index (χ0n) is 13.2. The molecule has 22 heavy (non-hydrogen) atoms. The Labute approximate surface area is 130 Å². The van der Waals surface area contributed by atoms with Gasteiger partial charge in [0, 0.05) is 6.42 Å². The molecular weight excluding hydrogens is 279 g/mol. The molecule has 3 heteroatoms. The SMILES string of the molecule is Cc1cc(C)c(CCCC(=O)O)c(-c2ccc(F)c(C)c2)c1. The minimum Gasteiger partial charge on any atom is -0.481 e. The molecule has 0 amide bonds.